The summed E-state index contributed by atoms with van der Waals surface area (Å²) < 4.78 is 4.66. The highest BCUT2D eigenvalue weighted by atomic mass is 35.5. The van der Waals surface area contributed by atoms with Gasteiger partial charge in [0.15, 0.2) is 0 Å². The predicted octanol–water partition coefficient (Wildman–Crippen LogP) is 4.10. The van der Waals surface area contributed by atoms with E-state index >= 15 is 0 Å². The van der Waals surface area contributed by atoms with Crippen LogP contribution in [0.3, 0.4) is 0 Å². The second-order valence-corrected chi connectivity index (χ2v) is 5.16. The Kier molecular flexibility index (Phi) is 4.94. The molecule has 0 aliphatic carbocycles. The van der Waals surface area contributed by atoms with Crippen LogP contribution in [0.5, 0.6) is 5.75 Å². The molecule has 0 aliphatic rings. The molecule has 110 valence electrons. The van der Waals surface area contributed by atoms with Crippen molar-refractivity contribution < 1.29 is 14.6 Å². The van der Waals surface area contributed by atoms with Gasteiger partial charge in [-0.2, -0.15) is 0 Å². The maximum atomic E-state index is 11.5. The first-order valence-corrected chi connectivity index (χ1v) is 6.86. The van der Waals surface area contributed by atoms with Crippen LogP contribution in [-0.2, 0) is 11.3 Å². The molecule has 2 aromatic rings. The topological polar surface area (TPSA) is 58.6 Å². The van der Waals surface area contributed by atoms with Crippen molar-refractivity contribution in [3.63, 3.8) is 0 Å². The number of phenolic OH excluding ortho intramolecular Hbond substituents is 1. The number of methoxy groups -OCH3 is 1. The number of benzene rings is 2. The minimum atomic E-state index is -0.410. The lowest BCUT2D eigenvalue weighted by atomic mass is 10.1. The second kappa shape index (κ2) is 6.70. The van der Waals surface area contributed by atoms with Crippen molar-refractivity contribution in [3.05, 3.63) is 57.6 Å². The van der Waals surface area contributed by atoms with Gasteiger partial charge in [-0.3, -0.25) is 0 Å². The van der Waals surface area contributed by atoms with Gasteiger partial charge in [-0.1, -0.05) is 29.3 Å². The van der Waals surface area contributed by atoms with Gasteiger partial charge in [-0.05, 0) is 30.3 Å². The first kappa shape index (κ1) is 15.5. The van der Waals surface area contributed by atoms with Crippen LogP contribution in [0.1, 0.15) is 15.9 Å². The number of phenols is 1. The number of ether oxygens (including phenoxy) is 1. The first-order valence-electron chi connectivity index (χ1n) is 6.10. The van der Waals surface area contributed by atoms with Crippen molar-refractivity contribution in [2.45, 2.75) is 6.54 Å². The zero-order valence-electron chi connectivity index (χ0n) is 11.2. The lowest BCUT2D eigenvalue weighted by molar-refractivity contribution is 0.0601. The number of carbonyl (C=O) groups excluding carboxylic acids is 1. The predicted molar refractivity (Wildman–Crippen MR) is 83.2 cm³/mol. The summed E-state index contributed by atoms with van der Waals surface area (Å²) >= 11 is 11.8. The van der Waals surface area contributed by atoms with Crippen molar-refractivity contribution in [1.29, 1.82) is 0 Å². The van der Waals surface area contributed by atoms with Gasteiger partial charge in [0.05, 0.1) is 17.7 Å². The molecule has 0 spiro atoms. The lowest BCUT2D eigenvalue weighted by Gasteiger charge is -2.10. The molecule has 0 heterocycles. The fourth-order valence-corrected chi connectivity index (χ4v) is 2.36. The molecule has 0 atom stereocenters. The highest BCUT2D eigenvalue weighted by Gasteiger charge is 2.09. The van der Waals surface area contributed by atoms with Crippen molar-refractivity contribution in [1.82, 2.24) is 0 Å². The summed E-state index contributed by atoms with van der Waals surface area (Å²) in [6.07, 6.45) is 0. The molecule has 0 radical (unpaired) electrons. The second-order valence-electron chi connectivity index (χ2n) is 4.32. The van der Waals surface area contributed by atoms with E-state index in [0.717, 1.165) is 0 Å². The summed E-state index contributed by atoms with van der Waals surface area (Å²) in [5.74, 6) is -0.426. The van der Waals surface area contributed by atoms with E-state index in [0.29, 0.717) is 28.4 Å². The molecule has 0 saturated heterocycles. The Bertz CT molecular complexity index is 674. The summed E-state index contributed by atoms with van der Waals surface area (Å²) in [7, 11) is 1.33. The summed E-state index contributed by atoms with van der Waals surface area (Å²) in [6, 6.07) is 9.95. The number of anilines is 1. The highest BCUT2D eigenvalue weighted by Crippen LogP contribution is 2.31. The number of halogens is 2. The van der Waals surface area contributed by atoms with Crippen molar-refractivity contribution in [2.75, 3.05) is 12.4 Å². The van der Waals surface area contributed by atoms with Gasteiger partial charge in [-0.15, -0.1) is 0 Å². The summed E-state index contributed by atoms with van der Waals surface area (Å²) in [4.78, 5) is 11.5. The van der Waals surface area contributed by atoms with E-state index in [1.807, 2.05) is 0 Å². The van der Waals surface area contributed by atoms with E-state index in [1.54, 1.807) is 30.3 Å². The molecule has 0 bridgehead atoms. The largest absolute Gasteiger partial charge is 0.506 e. The molecule has 4 nitrogen and oxygen atoms in total. The molecule has 6 heteroatoms. The molecule has 0 amide bonds. The van der Waals surface area contributed by atoms with Crippen LogP contribution < -0.4 is 5.32 Å². The van der Waals surface area contributed by atoms with Crippen LogP contribution in [0, 0.1) is 0 Å². The highest BCUT2D eigenvalue weighted by molar-refractivity contribution is 6.35. The van der Waals surface area contributed by atoms with Crippen molar-refractivity contribution in [3.8, 4) is 5.75 Å². The molecule has 0 fully saturated rings. The van der Waals surface area contributed by atoms with Gasteiger partial charge in [0.1, 0.15) is 5.75 Å². The fourth-order valence-electron chi connectivity index (χ4n) is 1.83. The Morgan fingerprint density at radius 3 is 2.76 bits per heavy atom. The van der Waals surface area contributed by atoms with Crippen LogP contribution in [0.25, 0.3) is 0 Å². The summed E-state index contributed by atoms with van der Waals surface area (Å²) in [5, 5.41) is 13.6. The van der Waals surface area contributed by atoms with E-state index in [1.165, 1.54) is 13.2 Å². The Morgan fingerprint density at radius 1 is 1.29 bits per heavy atom. The first-order chi connectivity index (χ1) is 10.0. The van der Waals surface area contributed by atoms with Crippen LogP contribution in [0.2, 0.25) is 10.0 Å². The van der Waals surface area contributed by atoms with E-state index in [4.69, 9.17) is 23.2 Å². The number of nitrogens with one attached hydrogen (secondary N) is 1. The smallest absolute Gasteiger partial charge is 0.337 e. The Labute approximate surface area is 132 Å². The van der Waals surface area contributed by atoms with Gasteiger partial charge < -0.3 is 15.2 Å². The zero-order chi connectivity index (χ0) is 15.4. The van der Waals surface area contributed by atoms with Crippen LogP contribution in [-0.4, -0.2) is 18.2 Å². The SMILES string of the molecule is COC(=O)c1cccc(NCc2cc(Cl)cc(Cl)c2O)c1. The monoisotopic (exact) mass is 325 g/mol. The molecule has 0 aliphatic heterocycles. The average Bonchev–Trinajstić information content (AvgIpc) is 2.49. The quantitative estimate of drug-likeness (QED) is 0.831. The fraction of sp³-hybridized carbons (Fsp3) is 0.133. The molecule has 0 saturated carbocycles. The van der Waals surface area contributed by atoms with Gasteiger partial charge in [0, 0.05) is 22.8 Å². The number of carbonyl (C=O) groups is 1. The zero-order valence-corrected chi connectivity index (χ0v) is 12.7. The Hall–Kier alpha value is -1.91. The maximum absolute atomic E-state index is 11.5. The number of aromatic hydroxyl groups is 1. The number of esters is 1. The molecular weight excluding hydrogens is 313 g/mol. The molecule has 2 rings (SSSR count). The number of rotatable bonds is 4. The minimum Gasteiger partial charge on any atom is -0.506 e. The third kappa shape index (κ3) is 3.80. The third-order valence-corrected chi connectivity index (χ3v) is 3.38. The van der Waals surface area contributed by atoms with Crippen LogP contribution in [0.4, 0.5) is 5.69 Å². The minimum absolute atomic E-state index is 0.0160. The number of hydrogen-bond donors (Lipinski definition) is 2. The molecule has 0 aromatic heterocycles. The molecule has 21 heavy (non-hydrogen) atoms. The Morgan fingerprint density at radius 2 is 2.05 bits per heavy atom. The summed E-state index contributed by atoms with van der Waals surface area (Å²) in [6.45, 7) is 0.316. The summed E-state index contributed by atoms with van der Waals surface area (Å²) in [5.41, 5.74) is 1.72. The van der Waals surface area contributed by atoms with Gasteiger partial charge in [-0.25, -0.2) is 4.79 Å². The van der Waals surface area contributed by atoms with E-state index in [-0.39, 0.29) is 10.8 Å². The van der Waals surface area contributed by atoms with Gasteiger partial charge in [0.25, 0.3) is 0 Å². The molecule has 2 aromatic carbocycles. The Balaban J connectivity index is 2.15. The molecular formula is C15H13Cl2NO3. The van der Waals surface area contributed by atoms with E-state index < -0.39 is 5.97 Å². The van der Waals surface area contributed by atoms with E-state index in [9.17, 15) is 9.90 Å². The van der Waals surface area contributed by atoms with Gasteiger partial charge >= 0.3 is 5.97 Å². The number of hydrogen-bond acceptors (Lipinski definition) is 4. The molecule has 2 N–H and O–H groups in total. The van der Waals surface area contributed by atoms with Crippen molar-refractivity contribution in [2.24, 2.45) is 0 Å². The molecule has 0 unspecified atom stereocenters. The van der Waals surface area contributed by atoms with Crippen LogP contribution >= 0.6 is 23.2 Å². The average molecular weight is 326 g/mol. The standard InChI is InChI=1S/C15H13Cl2NO3/c1-21-15(20)9-3-2-4-12(6-9)18-8-10-5-11(16)7-13(17)14(10)19/h2-7,18-19H,8H2,1H3. The third-order valence-electron chi connectivity index (χ3n) is 2.87. The van der Waals surface area contributed by atoms with Crippen molar-refractivity contribution >= 4 is 34.9 Å². The maximum Gasteiger partial charge on any atom is 0.337 e. The van der Waals surface area contributed by atoms with Crippen LogP contribution in [0.15, 0.2) is 36.4 Å². The van der Waals surface area contributed by atoms with E-state index in [2.05, 4.69) is 10.1 Å². The van der Waals surface area contributed by atoms with Gasteiger partial charge in [0.2, 0.25) is 0 Å². The lowest BCUT2D eigenvalue weighted by Crippen LogP contribution is -2.04. The normalized spacial score (nSPS) is 10.2.